The Morgan fingerprint density at radius 1 is 1.25 bits per heavy atom. The van der Waals surface area contributed by atoms with Crippen molar-refractivity contribution < 1.29 is 16.8 Å². The maximum absolute atomic E-state index is 12.0. The second-order valence-electron chi connectivity index (χ2n) is 5.08. The van der Waals surface area contributed by atoms with E-state index in [1.807, 2.05) is 0 Å². The Morgan fingerprint density at radius 2 is 1.90 bits per heavy atom. The lowest BCUT2D eigenvalue weighted by Crippen LogP contribution is -2.18. The maximum Gasteiger partial charge on any atom is 0.200 e. The largest absolute Gasteiger partial charge is 0.326 e. The van der Waals surface area contributed by atoms with Crippen LogP contribution >= 0.6 is 0 Å². The first-order valence-electron chi connectivity index (χ1n) is 6.18. The number of fused-ring (bicyclic) bond motifs is 1. The Bertz CT molecular complexity index is 775. The molecular formula is C13H17NO4S2. The van der Waals surface area contributed by atoms with Crippen LogP contribution in [0.2, 0.25) is 0 Å². The summed E-state index contributed by atoms with van der Waals surface area (Å²) >= 11 is 0. The van der Waals surface area contributed by atoms with Crippen molar-refractivity contribution in [1.82, 2.24) is 0 Å². The molecule has 0 saturated heterocycles. The van der Waals surface area contributed by atoms with Gasteiger partial charge in [0.05, 0.1) is 15.9 Å². The van der Waals surface area contributed by atoms with Crippen LogP contribution in [0.5, 0.6) is 0 Å². The van der Waals surface area contributed by atoms with Crippen LogP contribution in [0.3, 0.4) is 0 Å². The zero-order valence-electron chi connectivity index (χ0n) is 11.3. The zero-order chi connectivity index (χ0) is 15.1. The Kier molecular flexibility index (Phi) is 3.79. The molecule has 20 heavy (non-hydrogen) atoms. The molecule has 2 N–H and O–H groups in total. The summed E-state index contributed by atoms with van der Waals surface area (Å²) < 4.78 is 48.0. The molecule has 0 aliphatic carbocycles. The highest BCUT2D eigenvalue weighted by Crippen LogP contribution is 2.35. The monoisotopic (exact) mass is 315 g/mol. The lowest BCUT2D eigenvalue weighted by Gasteiger charge is -2.10. The molecule has 0 fully saturated rings. The highest BCUT2D eigenvalue weighted by Gasteiger charge is 2.30. The van der Waals surface area contributed by atoms with Crippen LogP contribution in [0.4, 0.5) is 0 Å². The third kappa shape index (κ3) is 2.65. The number of hydrogen-bond donors (Lipinski definition) is 1. The highest BCUT2D eigenvalue weighted by atomic mass is 32.2. The fourth-order valence-corrected chi connectivity index (χ4v) is 4.59. The van der Waals surface area contributed by atoms with E-state index in [2.05, 4.69) is 0 Å². The minimum Gasteiger partial charge on any atom is -0.326 e. The molecule has 1 aliphatic heterocycles. The Labute approximate surface area is 119 Å². The van der Waals surface area contributed by atoms with Crippen molar-refractivity contribution in [3.63, 3.8) is 0 Å². The molecule has 5 nitrogen and oxygen atoms in total. The quantitative estimate of drug-likeness (QED) is 0.897. The van der Waals surface area contributed by atoms with E-state index >= 15 is 0 Å². The van der Waals surface area contributed by atoms with Gasteiger partial charge in [0.25, 0.3) is 0 Å². The van der Waals surface area contributed by atoms with Gasteiger partial charge in [-0.15, -0.1) is 0 Å². The molecule has 0 bridgehead atoms. The van der Waals surface area contributed by atoms with Crippen LogP contribution in [-0.2, 0) is 26.2 Å². The van der Waals surface area contributed by atoms with Gasteiger partial charge >= 0.3 is 0 Å². The molecule has 0 unspecified atom stereocenters. The summed E-state index contributed by atoms with van der Waals surface area (Å²) in [5, 5.41) is 0.505. The zero-order valence-corrected chi connectivity index (χ0v) is 13.0. The molecule has 7 heteroatoms. The van der Waals surface area contributed by atoms with Crippen molar-refractivity contribution in [2.75, 3.05) is 5.75 Å². The molecule has 0 radical (unpaired) electrons. The average Bonchev–Trinajstić information content (AvgIpc) is 2.59. The van der Waals surface area contributed by atoms with Crippen molar-refractivity contribution in [2.45, 2.75) is 30.5 Å². The van der Waals surface area contributed by atoms with Crippen LogP contribution in [0.1, 0.15) is 25.0 Å². The van der Waals surface area contributed by atoms with E-state index in [0.29, 0.717) is 11.1 Å². The number of sulfone groups is 2. The molecule has 0 amide bonds. The second-order valence-corrected chi connectivity index (χ2v) is 9.40. The average molecular weight is 315 g/mol. The lowest BCUT2D eigenvalue weighted by molar-refractivity contribution is 0.590. The van der Waals surface area contributed by atoms with Gasteiger partial charge in [0.2, 0.25) is 9.84 Å². The summed E-state index contributed by atoms with van der Waals surface area (Å²) in [6.45, 7) is 3.44. The van der Waals surface area contributed by atoms with Gasteiger partial charge in [0, 0.05) is 12.0 Å². The van der Waals surface area contributed by atoms with Gasteiger partial charge in [-0.05, 0) is 42.7 Å². The molecule has 2 rings (SSSR count). The first-order chi connectivity index (χ1) is 9.17. The summed E-state index contributed by atoms with van der Waals surface area (Å²) in [6, 6.07) is 4.78. The van der Waals surface area contributed by atoms with Gasteiger partial charge in [0.15, 0.2) is 9.84 Å². The third-order valence-electron chi connectivity index (χ3n) is 3.30. The first-order valence-corrected chi connectivity index (χ1v) is 9.44. The fraction of sp³-hybridized carbons (Fsp3) is 0.385. The van der Waals surface area contributed by atoms with Crippen molar-refractivity contribution in [2.24, 2.45) is 5.73 Å². The number of nitrogens with two attached hydrogens (primary N) is 1. The molecule has 0 spiro atoms. The maximum atomic E-state index is 12.0. The summed E-state index contributed by atoms with van der Waals surface area (Å²) in [6.07, 6.45) is 0. The van der Waals surface area contributed by atoms with Crippen LogP contribution in [0, 0.1) is 0 Å². The van der Waals surface area contributed by atoms with E-state index < -0.39 is 24.9 Å². The summed E-state index contributed by atoms with van der Waals surface area (Å²) in [5.74, 6) is -0.273. The third-order valence-corrected chi connectivity index (χ3v) is 7.02. The van der Waals surface area contributed by atoms with Crippen molar-refractivity contribution in [3.8, 4) is 0 Å². The Morgan fingerprint density at radius 3 is 2.45 bits per heavy atom. The standard InChI is InChI=1S/C13H17NO4S2/c1-9(2)19(15,16)7-11-8-20(17,18)13-4-3-10(6-14)5-12(11)13/h3-5,8-9H,6-7,14H2,1-2H3. The lowest BCUT2D eigenvalue weighted by atomic mass is 10.1. The summed E-state index contributed by atoms with van der Waals surface area (Å²) in [7, 11) is -6.90. The second kappa shape index (κ2) is 4.98. The van der Waals surface area contributed by atoms with Crippen LogP contribution in [0.15, 0.2) is 28.5 Å². The normalized spacial score (nSPS) is 17.1. The first kappa shape index (κ1) is 15.2. The van der Waals surface area contributed by atoms with E-state index in [1.165, 1.54) is 6.07 Å². The number of rotatable bonds is 4. The van der Waals surface area contributed by atoms with Crippen molar-refractivity contribution in [3.05, 3.63) is 34.7 Å². The molecule has 1 aliphatic rings. The van der Waals surface area contributed by atoms with Gasteiger partial charge in [-0.1, -0.05) is 6.07 Å². The molecule has 1 heterocycles. The topological polar surface area (TPSA) is 94.3 Å². The van der Waals surface area contributed by atoms with Gasteiger partial charge < -0.3 is 5.73 Å². The minimum absolute atomic E-state index is 0.156. The van der Waals surface area contributed by atoms with Crippen LogP contribution in [0.25, 0.3) is 5.57 Å². The Balaban J connectivity index is 2.54. The van der Waals surface area contributed by atoms with Gasteiger partial charge in [-0.2, -0.15) is 0 Å². The number of hydrogen-bond acceptors (Lipinski definition) is 5. The van der Waals surface area contributed by atoms with Gasteiger partial charge in [0.1, 0.15) is 0 Å². The van der Waals surface area contributed by atoms with Crippen molar-refractivity contribution >= 4 is 25.2 Å². The van der Waals surface area contributed by atoms with Crippen molar-refractivity contribution in [1.29, 1.82) is 0 Å². The van der Waals surface area contributed by atoms with Crippen LogP contribution in [-0.4, -0.2) is 27.8 Å². The molecule has 0 saturated carbocycles. The van der Waals surface area contributed by atoms with E-state index in [1.54, 1.807) is 26.0 Å². The predicted octanol–water partition coefficient (Wildman–Crippen LogP) is 1.10. The van der Waals surface area contributed by atoms with E-state index in [4.69, 9.17) is 5.73 Å². The molecule has 1 aromatic carbocycles. The molecule has 0 atom stereocenters. The molecular weight excluding hydrogens is 298 g/mol. The molecule has 0 aromatic heterocycles. The van der Waals surface area contributed by atoms with Gasteiger partial charge in [-0.3, -0.25) is 0 Å². The molecule has 110 valence electrons. The Hall–Kier alpha value is -1.18. The van der Waals surface area contributed by atoms with E-state index in [-0.39, 0.29) is 17.2 Å². The molecule has 1 aromatic rings. The predicted molar refractivity (Wildman–Crippen MR) is 78.4 cm³/mol. The summed E-state index contributed by atoms with van der Waals surface area (Å²) in [5.41, 5.74) is 7.10. The SMILES string of the molecule is CC(C)S(=O)(=O)CC1=CS(=O)(=O)c2ccc(CN)cc21. The van der Waals surface area contributed by atoms with E-state index in [0.717, 1.165) is 11.0 Å². The van der Waals surface area contributed by atoms with Crippen LogP contribution < -0.4 is 5.73 Å². The van der Waals surface area contributed by atoms with E-state index in [9.17, 15) is 16.8 Å². The smallest absolute Gasteiger partial charge is 0.200 e. The highest BCUT2D eigenvalue weighted by molar-refractivity contribution is 7.95. The van der Waals surface area contributed by atoms with Gasteiger partial charge in [-0.25, -0.2) is 16.8 Å². The fourth-order valence-electron chi connectivity index (χ4n) is 2.01. The minimum atomic E-state index is -3.55. The summed E-state index contributed by atoms with van der Waals surface area (Å²) in [4.78, 5) is 0.156. The number of benzene rings is 1.